The third-order valence-electron chi connectivity index (χ3n) is 3.94. The predicted molar refractivity (Wildman–Crippen MR) is 82.2 cm³/mol. The summed E-state index contributed by atoms with van der Waals surface area (Å²) in [6.45, 7) is 11.0. The summed E-state index contributed by atoms with van der Waals surface area (Å²) in [5.41, 5.74) is 2.69. The maximum atomic E-state index is 4.17. The van der Waals surface area contributed by atoms with Crippen LogP contribution in [0.15, 0.2) is 23.7 Å². The van der Waals surface area contributed by atoms with Crippen LogP contribution in [0.5, 0.6) is 0 Å². The van der Waals surface area contributed by atoms with Gasteiger partial charge in [0.05, 0.1) is 16.8 Å². The van der Waals surface area contributed by atoms with Crippen LogP contribution in [-0.2, 0) is 6.54 Å². The fraction of sp³-hybridized carbons (Fsp3) is 0.533. The van der Waals surface area contributed by atoms with Crippen molar-refractivity contribution < 1.29 is 0 Å². The highest BCUT2D eigenvalue weighted by atomic mass is 32.1. The van der Waals surface area contributed by atoms with E-state index in [0.29, 0.717) is 11.3 Å². The van der Waals surface area contributed by atoms with Crippen molar-refractivity contribution in [3.8, 4) is 10.6 Å². The molecule has 19 heavy (non-hydrogen) atoms. The van der Waals surface area contributed by atoms with Gasteiger partial charge in [-0.3, -0.25) is 5.10 Å². The molecule has 0 saturated carbocycles. The summed E-state index contributed by atoms with van der Waals surface area (Å²) in [4.78, 5) is 1.25. The Hall–Kier alpha value is -1.13. The van der Waals surface area contributed by atoms with Gasteiger partial charge in [-0.15, -0.1) is 11.3 Å². The largest absolute Gasteiger partial charge is 0.312 e. The molecule has 0 saturated heterocycles. The summed E-state index contributed by atoms with van der Waals surface area (Å²) in [5.74, 6) is 0.668. The molecular formula is C15H23N3S. The summed E-state index contributed by atoms with van der Waals surface area (Å²) in [6, 6.07) is 4.19. The molecule has 0 radical (unpaired) electrons. The maximum Gasteiger partial charge on any atom is 0.0794 e. The van der Waals surface area contributed by atoms with Gasteiger partial charge in [0.1, 0.15) is 0 Å². The zero-order valence-electron chi connectivity index (χ0n) is 12.2. The number of thiophene rings is 1. The molecule has 0 aliphatic heterocycles. The molecule has 4 heteroatoms. The van der Waals surface area contributed by atoms with E-state index in [1.165, 1.54) is 10.4 Å². The predicted octanol–water partition coefficient (Wildman–Crippen LogP) is 3.91. The average molecular weight is 277 g/mol. The van der Waals surface area contributed by atoms with Crippen LogP contribution in [0.25, 0.3) is 10.6 Å². The second-order valence-corrected chi connectivity index (χ2v) is 6.94. The van der Waals surface area contributed by atoms with Gasteiger partial charge in [-0.2, -0.15) is 5.10 Å². The Kier molecular flexibility index (Phi) is 4.42. The monoisotopic (exact) mass is 277 g/mol. The molecule has 0 unspecified atom stereocenters. The van der Waals surface area contributed by atoms with Crippen molar-refractivity contribution in [3.05, 3.63) is 29.3 Å². The summed E-state index contributed by atoms with van der Waals surface area (Å²) >= 11 is 1.74. The van der Waals surface area contributed by atoms with Gasteiger partial charge in [0, 0.05) is 18.7 Å². The lowest BCUT2D eigenvalue weighted by atomic mass is 9.81. The average Bonchev–Trinajstić information content (AvgIpc) is 2.97. The first-order chi connectivity index (χ1) is 9.00. The van der Waals surface area contributed by atoms with Crippen molar-refractivity contribution in [1.82, 2.24) is 15.5 Å². The minimum atomic E-state index is 0.312. The first-order valence-electron chi connectivity index (χ1n) is 6.77. The van der Waals surface area contributed by atoms with Crippen LogP contribution in [0.3, 0.4) is 0 Å². The quantitative estimate of drug-likeness (QED) is 0.840. The van der Waals surface area contributed by atoms with E-state index in [2.05, 4.69) is 60.7 Å². The van der Waals surface area contributed by atoms with Crippen molar-refractivity contribution in [3.63, 3.8) is 0 Å². The molecule has 0 spiro atoms. The first kappa shape index (κ1) is 14.3. The van der Waals surface area contributed by atoms with E-state index in [1.54, 1.807) is 11.3 Å². The fourth-order valence-electron chi connectivity index (χ4n) is 1.80. The Morgan fingerprint density at radius 1 is 1.42 bits per heavy atom. The molecule has 2 rings (SSSR count). The number of nitrogens with one attached hydrogen (secondary N) is 2. The molecule has 3 nitrogen and oxygen atoms in total. The molecule has 2 heterocycles. The zero-order valence-corrected chi connectivity index (χ0v) is 13.0. The molecular weight excluding hydrogens is 254 g/mol. The summed E-state index contributed by atoms with van der Waals surface area (Å²) in [6.07, 6.45) is 1.92. The number of aromatic amines is 1. The fourth-order valence-corrected chi connectivity index (χ4v) is 2.56. The third kappa shape index (κ3) is 3.45. The molecule has 0 aromatic carbocycles. The van der Waals surface area contributed by atoms with E-state index < -0.39 is 0 Å². The van der Waals surface area contributed by atoms with Crippen molar-refractivity contribution >= 4 is 11.3 Å². The Labute approximate surface area is 119 Å². The molecule has 2 N–H and O–H groups in total. The summed E-state index contributed by atoms with van der Waals surface area (Å²) < 4.78 is 0. The van der Waals surface area contributed by atoms with E-state index in [9.17, 15) is 0 Å². The molecule has 2 aromatic heterocycles. The molecule has 0 bridgehead atoms. The van der Waals surface area contributed by atoms with Gasteiger partial charge >= 0.3 is 0 Å². The van der Waals surface area contributed by atoms with Crippen LogP contribution < -0.4 is 5.32 Å². The topological polar surface area (TPSA) is 40.7 Å². The second kappa shape index (κ2) is 5.88. The van der Waals surface area contributed by atoms with Gasteiger partial charge < -0.3 is 5.32 Å². The number of hydrogen-bond donors (Lipinski definition) is 2. The van der Waals surface area contributed by atoms with Crippen LogP contribution in [0, 0.1) is 11.3 Å². The van der Waals surface area contributed by atoms with E-state index >= 15 is 0 Å². The molecule has 0 aliphatic rings. The highest BCUT2D eigenvalue weighted by Crippen LogP contribution is 2.27. The van der Waals surface area contributed by atoms with Crippen molar-refractivity contribution in [2.75, 3.05) is 6.54 Å². The molecule has 2 aromatic rings. The maximum absolute atomic E-state index is 4.17. The van der Waals surface area contributed by atoms with Gasteiger partial charge in [0.25, 0.3) is 0 Å². The molecule has 0 fully saturated rings. The van der Waals surface area contributed by atoms with Crippen molar-refractivity contribution in [2.45, 2.75) is 34.2 Å². The van der Waals surface area contributed by atoms with Gasteiger partial charge in [0.15, 0.2) is 0 Å². The smallest absolute Gasteiger partial charge is 0.0794 e. The van der Waals surface area contributed by atoms with Crippen LogP contribution in [0.1, 0.15) is 33.3 Å². The van der Waals surface area contributed by atoms with Crippen molar-refractivity contribution in [2.24, 2.45) is 11.3 Å². The normalized spacial score (nSPS) is 12.3. The number of aromatic nitrogens is 2. The standard InChI is InChI=1S/C15H23N3S/c1-11(2)15(3,4)10-16-8-12-9-17-18-14(12)13-6-5-7-19-13/h5-7,9,11,16H,8,10H2,1-4H3,(H,17,18). The van der Waals surface area contributed by atoms with Crippen molar-refractivity contribution in [1.29, 1.82) is 0 Å². The van der Waals surface area contributed by atoms with Gasteiger partial charge in [-0.1, -0.05) is 33.8 Å². The van der Waals surface area contributed by atoms with E-state index in [0.717, 1.165) is 18.8 Å². The lowest BCUT2D eigenvalue weighted by molar-refractivity contribution is 0.238. The van der Waals surface area contributed by atoms with Crippen LogP contribution >= 0.6 is 11.3 Å². The lowest BCUT2D eigenvalue weighted by Gasteiger charge is -2.29. The highest BCUT2D eigenvalue weighted by molar-refractivity contribution is 7.13. The minimum absolute atomic E-state index is 0.312. The Bertz CT molecular complexity index is 497. The van der Waals surface area contributed by atoms with Gasteiger partial charge in [0.2, 0.25) is 0 Å². The first-order valence-corrected chi connectivity index (χ1v) is 7.65. The highest BCUT2D eigenvalue weighted by Gasteiger charge is 2.21. The van der Waals surface area contributed by atoms with E-state index in [4.69, 9.17) is 0 Å². The number of nitrogens with zero attached hydrogens (tertiary/aromatic N) is 1. The Morgan fingerprint density at radius 2 is 2.21 bits per heavy atom. The molecule has 0 atom stereocenters. The zero-order chi connectivity index (χ0) is 13.9. The Balaban J connectivity index is 1.96. The lowest BCUT2D eigenvalue weighted by Crippen LogP contribution is -2.33. The number of H-pyrrole nitrogens is 1. The Morgan fingerprint density at radius 3 is 2.84 bits per heavy atom. The third-order valence-corrected chi connectivity index (χ3v) is 4.83. The molecule has 0 aliphatic carbocycles. The SMILES string of the molecule is CC(C)C(C)(C)CNCc1cn[nH]c1-c1cccs1. The van der Waals surface area contributed by atoms with Gasteiger partial charge in [-0.25, -0.2) is 0 Å². The van der Waals surface area contributed by atoms with Gasteiger partial charge in [-0.05, 0) is 22.8 Å². The second-order valence-electron chi connectivity index (χ2n) is 5.99. The number of hydrogen-bond acceptors (Lipinski definition) is 3. The number of rotatable bonds is 6. The summed E-state index contributed by atoms with van der Waals surface area (Å²) in [7, 11) is 0. The molecule has 0 amide bonds. The van der Waals surface area contributed by atoms with Crippen LogP contribution in [-0.4, -0.2) is 16.7 Å². The van der Waals surface area contributed by atoms with E-state index in [1.807, 2.05) is 6.20 Å². The van der Waals surface area contributed by atoms with Crippen LogP contribution in [0.2, 0.25) is 0 Å². The minimum Gasteiger partial charge on any atom is -0.312 e. The van der Waals surface area contributed by atoms with Crippen LogP contribution in [0.4, 0.5) is 0 Å². The summed E-state index contributed by atoms with van der Waals surface area (Å²) in [5, 5.41) is 12.9. The van der Waals surface area contributed by atoms with E-state index in [-0.39, 0.29) is 0 Å². The molecule has 104 valence electrons.